The third-order valence-corrected chi connectivity index (χ3v) is 4.84. The number of morpholine rings is 1. The second kappa shape index (κ2) is 10.9. The minimum atomic E-state index is 0.447. The smallest absolute Gasteiger partial charge is 0.191 e. The molecule has 1 fully saturated rings. The largest absolute Gasteiger partial charge is 0.492 e. The zero-order valence-corrected chi connectivity index (χ0v) is 16.3. The van der Waals surface area contributed by atoms with Crippen LogP contribution in [0.15, 0.2) is 41.4 Å². The number of para-hydroxylation sites is 1. The van der Waals surface area contributed by atoms with Gasteiger partial charge in [-0.05, 0) is 25.8 Å². The van der Waals surface area contributed by atoms with Crippen molar-refractivity contribution >= 4 is 5.96 Å². The second-order valence-electron chi connectivity index (χ2n) is 6.89. The lowest BCUT2D eigenvalue weighted by molar-refractivity contribution is 0.0322. The molecule has 6 heteroatoms. The molecule has 0 radical (unpaired) electrons. The van der Waals surface area contributed by atoms with E-state index in [0.29, 0.717) is 19.2 Å². The molecule has 2 aliphatic rings. The van der Waals surface area contributed by atoms with Gasteiger partial charge < -0.3 is 20.1 Å². The van der Waals surface area contributed by atoms with Gasteiger partial charge in [-0.3, -0.25) is 4.90 Å². The highest BCUT2D eigenvalue weighted by Crippen LogP contribution is 2.19. The molecule has 0 spiro atoms. The summed E-state index contributed by atoms with van der Waals surface area (Å²) in [5, 5.41) is 6.85. The number of guanidine groups is 1. The standard InChI is InChI=1S/C21H32N4O2/c1-2-22-21(24-19-8-4-5-9-19)23-17-18-7-3-6-10-20(18)27-16-13-25-11-14-26-15-12-25/h3-7,10,19H,2,8-9,11-17H2,1H3,(H2,22,23,24). The first kappa shape index (κ1) is 19.7. The third-order valence-electron chi connectivity index (χ3n) is 4.84. The summed E-state index contributed by atoms with van der Waals surface area (Å²) in [6.45, 7) is 8.78. The molecule has 3 rings (SSSR count). The molecule has 0 aromatic heterocycles. The zero-order valence-electron chi connectivity index (χ0n) is 16.3. The quantitative estimate of drug-likeness (QED) is 0.416. The van der Waals surface area contributed by atoms with Crippen molar-refractivity contribution in [2.45, 2.75) is 32.4 Å². The Balaban J connectivity index is 1.53. The number of hydrogen-bond acceptors (Lipinski definition) is 4. The maximum Gasteiger partial charge on any atom is 0.191 e. The van der Waals surface area contributed by atoms with Gasteiger partial charge >= 0.3 is 0 Å². The lowest BCUT2D eigenvalue weighted by Crippen LogP contribution is -2.42. The van der Waals surface area contributed by atoms with Gasteiger partial charge in [0, 0.05) is 37.8 Å². The van der Waals surface area contributed by atoms with Crippen LogP contribution >= 0.6 is 0 Å². The van der Waals surface area contributed by atoms with Crippen LogP contribution in [0.5, 0.6) is 5.75 Å². The number of rotatable bonds is 8. The van der Waals surface area contributed by atoms with Crippen LogP contribution in [0.1, 0.15) is 25.3 Å². The molecule has 0 unspecified atom stereocenters. The topological polar surface area (TPSA) is 58.1 Å². The van der Waals surface area contributed by atoms with Crippen molar-refractivity contribution in [1.29, 1.82) is 0 Å². The maximum atomic E-state index is 6.06. The summed E-state index contributed by atoms with van der Waals surface area (Å²) in [4.78, 5) is 7.15. The minimum Gasteiger partial charge on any atom is -0.492 e. The number of hydrogen-bond donors (Lipinski definition) is 2. The highest BCUT2D eigenvalue weighted by molar-refractivity contribution is 5.80. The normalized spacial score (nSPS) is 18.6. The average Bonchev–Trinajstić information content (AvgIpc) is 3.21. The van der Waals surface area contributed by atoms with Crippen LogP contribution in [0.2, 0.25) is 0 Å². The fourth-order valence-electron chi connectivity index (χ4n) is 3.30. The number of benzene rings is 1. The molecule has 1 saturated heterocycles. The highest BCUT2D eigenvalue weighted by Gasteiger charge is 2.12. The molecule has 6 nitrogen and oxygen atoms in total. The van der Waals surface area contributed by atoms with Gasteiger partial charge in [0.05, 0.1) is 19.8 Å². The molecule has 1 aromatic rings. The molecule has 0 saturated carbocycles. The second-order valence-corrected chi connectivity index (χ2v) is 6.89. The Morgan fingerprint density at radius 1 is 1.22 bits per heavy atom. The molecule has 1 aromatic carbocycles. The molecule has 27 heavy (non-hydrogen) atoms. The summed E-state index contributed by atoms with van der Waals surface area (Å²) in [7, 11) is 0. The predicted molar refractivity (Wildman–Crippen MR) is 109 cm³/mol. The van der Waals surface area contributed by atoms with Gasteiger partial charge in [0.25, 0.3) is 0 Å². The van der Waals surface area contributed by atoms with E-state index >= 15 is 0 Å². The average molecular weight is 373 g/mol. The Hall–Kier alpha value is -2.05. The molecule has 148 valence electrons. The van der Waals surface area contributed by atoms with Crippen molar-refractivity contribution in [3.05, 3.63) is 42.0 Å². The van der Waals surface area contributed by atoms with Crippen LogP contribution in [0, 0.1) is 0 Å². The fourth-order valence-corrected chi connectivity index (χ4v) is 3.30. The molecular weight excluding hydrogens is 340 g/mol. The van der Waals surface area contributed by atoms with Gasteiger partial charge in [-0.25, -0.2) is 4.99 Å². The third kappa shape index (κ3) is 6.56. The Morgan fingerprint density at radius 2 is 2.00 bits per heavy atom. The zero-order chi connectivity index (χ0) is 18.7. The van der Waals surface area contributed by atoms with Crippen LogP contribution in [-0.2, 0) is 11.3 Å². The van der Waals surface area contributed by atoms with Crippen molar-refractivity contribution in [3.8, 4) is 5.75 Å². The van der Waals surface area contributed by atoms with Gasteiger partial charge in [0.15, 0.2) is 5.96 Å². The first-order chi connectivity index (χ1) is 13.3. The van der Waals surface area contributed by atoms with Crippen molar-refractivity contribution in [3.63, 3.8) is 0 Å². The summed E-state index contributed by atoms with van der Waals surface area (Å²) in [5.41, 5.74) is 1.11. The van der Waals surface area contributed by atoms with E-state index in [1.54, 1.807) is 0 Å². The van der Waals surface area contributed by atoms with Crippen LogP contribution in [0.3, 0.4) is 0 Å². The summed E-state index contributed by atoms with van der Waals surface area (Å²) >= 11 is 0. The highest BCUT2D eigenvalue weighted by atomic mass is 16.5. The molecule has 0 atom stereocenters. The van der Waals surface area contributed by atoms with E-state index < -0.39 is 0 Å². The van der Waals surface area contributed by atoms with Gasteiger partial charge in [0.2, 0.25) is 0 Å². The summed E-state index contributed by atoms with van der Waals surface area (Å²) in [6.07, 6.45) is 6.56. The van der Waals surface area contributed by atoms with Crippen LogP contribution in [0.4, 0.5) is 0 Å². The first-order valence-corrected chi connectivity index (χ1v) is 10.1. The van der Waals surface area contributed by atoms with Crippen LogP contribution in [-0.4, -0.2) is 62.9 Å². The Morgan fingerprint density at radius 3 is 2.78 bits per heavy atom. The summed E-state index contributed by atoms with van der Waals surface area (Å²) in [6, 6.07) is 8.63. The van der Waals surface area contributed by atoms with Crippen LogP contribution < -0.4 is 15.4 Å². The predicted octanol–water partition coefficient (Wildman–Crippen LogP) is 2.17. The number of nitrogens with one attached hydrogen (secondary N) is 2. The molecule has 1 heterocycles. The van der Waals surface area contributed by atoms with E-state index in [9.17, 15) is 0 Å². The van der Waals surface area contributed by atoms with E-state index in [-0.39, 0.29) is 0 Å². The molecule has 0 bridgehead atoms. The van der Waals surface area contributed by atoms with Crippen molar-refractivity contribution in [1.82, 2.24) is 15.5 Å². The number of ether oxygens (including phenoxy) is 2. The minimum absolute atomic E-state index is 0.447. The fraction of sp³-hybridized carbons (Fsp3) is 0.571. The Labute approximate surface area is 162 Å². The van der Waals surface area contributed by atoms with E-state index in [1.807, 2.05) is 18.2 Å². The summed E-state index contributed by atoms with van der Waals surface area (Å²) < 4.78 is 11.5. The molecule has 2 N–H and O–H groups in total. The SMILES string of the molecule is CCNC(=NCc1ccccc1OCCN1CCOCC1)NC1CC=CC1. The number of aliphatic imine (C=N–C) groups is 1. The van der Waals surface area contributed by atoms with Gasteiger partial charge in [-0.15, -0.1) is 0 Å². The molecule has 1 aliphatic heterocycles. The summed E-state index contributed by atoms with van der Waals surface area (Å²) in [5.74, 6) is 1.79. The van der Waals surface area contributed by atoms with E-state index in [2.05, 4.69) is 40.7 Å². The van der Waals surface area contributed by atoms with Gasteiger partial charge in [-0.2, -0.15) is 0 Å². The van der Waals surface area contributed by atoms with Crippen molar-refractivity contribution in [2.24, 2.45) is 4.99 Å². The van der Waals surface area contributed by atoms with Gasteiger partial charge in [0.1, 0.15) is 12.4 Å². The van der Waals surface area contributed by atoms with Crippen molar-refractivity contribution < 1.29 is 9.47 Å². The molecule has 1 aliphatic carbocycles. The number of nitrogens with zero attached hydrogens (tertiary/aromatic N) is 2. The lowest BCUT2D eigenvalue weighted by Gasteiger charge is -2.26. The van der Waals surface area contributed by atoms with Crippen molar-refractivity contribution in [2.75, 3.05) is 46.0 Å². The Kier molecular flexibility index (Phi) is 7.99. The molecular formula is C21H32N4O2. The van der Waals surface area contributed by atoms with Crippen LogP contribution in [0.25, 0.3) is 0 Å². The lowest BCUT2D eigenvalue weighted by atomic mass is 10.2. The molecule has 0 amide bonds. The maximum absolute atomic E-state index is 6.06. The van der Waals surface area contributed by atoms with Gasteiger partial charge in [-0.1, -0.05) is 30.4 Å². The van der Waals surface area contributed by atoms with E-state index in [1.165, 1.54) is 0 Å². The Bertz CT molecular complexity index is 618. The van der Waals surface area contributed by atoms with E-state index in [4.69, 9.17) is 14.5 Å². The first-order valence-electron chi connectivity index (χ1n) is 10.1. The monoisotopic (exact) mass is 372 g/mol. The van der Waals surface area contributed by atoms with E-state index in [0.717, 1.165) is 69.5 Å².